The number of aromatic carboxylic acids is 1. The van der Waals surface area contributed by atoms with E-state index in [2.05, 4.69) is 14.7 Å². The Morgan fingerprint density at radius 2 is 2.36 bits per heavy atom. The first-order chi connectivity index (χ1) is 6.79. The van der Waals surface area contributed by atoms with E-state index in [-0.39, 0.29) is 5.69 Å². The molecule has 70 valence electrons. The Hall–Kier alpha value is -2.17. The molecular weight excluding hydrogens is 184 g/mol. The predicted octanol–water partition coefficient (Wildman–Crippen LogP) is 1.43. The fraction of sp³-hybridized carbons (Fsp3) is 0. The van der Waals surface area contributed by atoms with E-state index in [1.807, 2.05) is 0 Å². The molecule has 0 saturated carbocycles. The van der Waals surface area contributed by atoms with Crippen molar-refractivity contribution in [1.82, 2.24) is 10.1 Å². The third kappa shape index (κ3) is 1.35. The van der Waals surface area contributed by atoms with E-state index in [4.69, 9.17) is 5.11 Å². The summed E-state index contributed by atoms with van der Waals surface area (Å²) in [6.07, 6.45) is 4.46. The van der Waals surface area contributed by atoms with Gasteiger partial charge in [-0.05, 0) is 6.07 Å². The van der Waals surface area contributed by atoms with Gasteiger partial charge in [-0.25, -0.2) is 4.79 Å². The minimum Gasteiger partial charge on any atom is -0.476 e. The predicted molar refractivity (Wildman–Crippen MR) is 46.7 cm³/mol. The molecule has 0 fully saturated rings. The number of carbonyl (C=O) groups is 1. The van der Waals surface area contributed by atoms with Crippen molar-refractivity contribution >= 4 is 5.97 Å². The summed E-state index contributed by atoms with van der Waals surface area (Å²) in [4.78, 5) is 14.6. The highest BCUT2D eigenvalue weighted by Crippen LogP contribution is 2.21. The normalized spacial score (nSPS) is 10.0. The van der Waals surface area contributed by atoms with Crippen LogP contribution in [0, 0.1) is 0 Å². The Kier molecular flexibility index (Phi) is 1.98. The molecule has 2 rings (SSSR count). The SMILES string of the molecule is O=C(O)c1nocc1-c1cccnc1. The molecule has 5 nitrogen and oxygen atoms in total. The highest BCUT2D eigenvalue weighted by atomic mass is 16.5. The summed E-state index contributed by atoms with van der Waals surface area (Å²) < 4.78 is 4.60. The minimum atomic E-state index is -1.11. The molecule has 0 amide bonds. The average molecular weight is 190 g/mol. The molecule has 0 aromatic carbocycles. The second kappa shape index (κ2) is 3.29. The van der Waals surface area contributed by atoms with Gasteiger partial charge in [0.25, 0.3) is 0 Å². The van der Waals surface area contributed by atoms with Crippen molar-refractivity contribution in [3.05, 3.63) is 36.5 Å². The Morgan fingerprint density at radius 3 is 3.00 bits per heavy atom. The van der Waals surface area contributed by atoms with Gasteiger partial charge in [-0.1, -0.05) is 11.2 Å². The number of hydrogen-bond acceptors (Lipinski definition) is 4. The third-order valence-corrected chi connectivity index (χ3v) is 1.74. The van der Waals surface area contributed by atoms with Crippen LogP contribution in [-0.2, 0) is 0 Å². The molecule has 0 aliphatic carbocycles. The van der Waals surface area contributed by atoms with Crippen LogP contribution < -0.4 is 0 Å². The van der Waals surface area contributed by atoms with Crippen LogP contribution in [0.5, 0.6) is 0 Å². The van der Waals surface area contributed by atoms with Gasteiger partial charge in [-0.2, -0.15) is 0 Å². The summed E-state index contributed by atoms with van der Waals surface area (Å²) in [5.74, 6) is -1.11. The van der Waals surface area contributed by atoms with Gasteiger partial charge in [0.15, 0.2) is 5.69 Å². The fourth-order valence-corrected chi connectivity index (χ4v) is 1.12. The average Bonchev–Trinajstić information content (AvgIpc) is 2.67. The molecule has 0 aliphatic rings. The summed E-state index contributed by atoms with van der Waals surface area (Å²) in [6, 6.07) is 3.46. The van der Waals surface area contributed by atoms with Crippen molar-refractivity contribution in [3.63, 3.8) is 0 Å². The highest BCUT2D eigenvalue weighted by Gasteiger charge is 2.16. The first-order valence-corrected chi connectivity index (χ1v) is 3.87. The maximum absolute atomic E-state index is 10.7. The lowest BCUT2D eigenvalue weighted by molar-refractivity contribution is 0.0686. The molecule has 0 radical (unpaired) electrons. The quantitative estimate of drug-likeness (QED) is 0.775. The lowest BCUT2D eigenvalue weighted by Crippen LogP contribution is -1.98. The molecular formula is C9H6N2O3. The Morgan fingerprint density at radius 1 is 1.50 bits per heavy atom. The van der Waals surface area contributed by atoms with E-state index in [1.54, 1.807) is 24.5 Å². The number of pyridine rings is 1. The minimum absolute atomic E-state index is 0.0991. The van der Waals surface area contributed by atoms with Crippen molar-refractivity contribution in [2.75, 3.05) is 0 Å². The molecule has 14 heavy (non-hydrogen) atoms. The number of rotatable bonds is 2. The third-order valence-electron chi connectivity index (χ3n) is 1.74. The largest absolute Gasteiger partial charge is 0.476 e. The molecule has 2 heterocycles. The standard InChI is InChI=1S/C9H6N2O3/c12-9(13)8-7(5-14-11-8)6-2-1-3-10-4-6/h1-5H,(H,12,13). The zero-order valence-corrected chi connectivity index (χ0v) is 7.04. The lowest BCUT2D eigenvalue weighted by Gasteiger charge is -1.95. The maximum Gasteiger partial charge on any atom is 0.358 e. The van der Waals surface area contributed by atoms with Crippen molar-refractivity contribution in [3.8, 4) is 11.1 Å². The summed E-state index contributed by atoms with van der Waals surface area (Å²) in [6.45, 7) is 0. The fourth-order valence-electron chi connectivity index (χ4n) is 1.12. The monoisotopic (exact) mass is 190 g/mol. The summed E-state index contributed by atoms with van der Waals surface area (Å²) in [5.41, 5.74) is 1.01. The van der Waals surface area contributed by atoms with Gasteiger partial charge >= 0.3 is 5.97 Å². The first-order valence-electron chi connectivity index (χ1n) is 3.87. The molecule has 2 aromatic rings. The molecule has 0 aliphatic heterocycles. The van der Waals surface area contributed by atoms with Crippen LogP contribution in [0.3, 0.4) is 0 Å². The van der Waals surface area contributed by atoms with Crippen LogP contribution in [0.4, 0.5) is 0 Å². The second-order valence-electron chi connectivity index (χ2n) is 2.62. The highest BCUT2D eigenvalue weighted by molar-refractivity contribution is 5.93. The van der Waals surface area contributed by atoms with Crippen LogP contribution >= 0.6 is 0 Å². The zero-order valence-electron chi connectivity index (χ0n) is 7.04. The van der Waals surface area contributed by atoms with Crippen LogP contribution in [-0.4, -0.2) is 21.2 Å². The van der Waals surface area contributed by atoms with E-state index in [0.717, 1.165) is 0 Å². The van der Waals surface area contributed by atoms with Gasteiger partial charge in [-0.15, -0.1) is 0 Å². The molecule has 1 N–H and O–H groups in total. The number of carboxylic acid groups (broad SMARTS) is 1. The Balaban J connectivity index is 2.52. The van der Waals surface area contributed by atoms with E-state index >= 15 is 0 Å². The number of hydrogen-bond donors (Lipinski definition) is 1. The van der Waals surface area contributed by atoms with Crippen molar-refractivity contribution in [2.45, 2.75) is 0 Å². The van der Waals surface area contributed by atoms with Gasteiger partial charge in [0.05, 0.1) is 5.56 Å². The molecule has 0 bridgehead atoms. The van der Waals surface area contributed by atoms with Gasteiger partial charge in [0.1, 0.15) is 6.26 Å². The van der Waals surface area contributed by atoms with Crippen LogP contribution in [0.2, 0.25) is 0 Å². The second-order valence-corrected chi connectivity index (χ2v) is 2.62. The zero-order chi connectivity index (χ0) is 9.97. The number of aromatic nitrogens is 2. The molecule has 0 unspecified atom stereocenters. The summed E-state index contributed by atoms with van der Waals surface area (Å²) >= 11 is 0. The summed E-state index contributed by atoms with van der Waals surface area (Å²) in [5, 5.41) is 12.2. The number of nitrogens with zero attached hydrogens (tertiary/aromatic N) is 2. The molecule has 5 heteroatoms. The lowest BCUT2D eigenvalue weighted by atomic mass is 10.1. The van der Waals surface area contributed by atoms with Crippen molar-refractivity contribution < 1.29 is 14.4 Å². The Labute approximate surface area is 79.0 Å². The van der Waals surface area contributed by atoms with Crippen LogP contribution in [0.1, 0.15) is 10.5 Å². The van der Waals surface area contributed by atoms with Gasteiger partial charge in [-0.3, -0.25) is 4.98 Å². The van der Waals surface area contributed by atoms with E-state index in [9.17, 15) is 4.79 Å². The molecule has 0 spiro atoms. The van der Waals surface area contributed by atoms with Crippen molar-refractivity contribution in [2.24, 2.45) is 0 Å². The smallest absolute Gasteiger partial charge is 0.358 e. The van der Waals surface area contributed by atoms with E-state index < -0.39 is 5.97 Å². The maximum atomic E-state index is 10.7. The molecule has 0 atom stereocenters. The summed E-state index contributed by atoms with van der Waals surface area (Å²) in [7, 11) is 0. The van der Waals surface area contributed by atoms with Gasteiger partial charge in [0.2, 0.25) is 0 Å². The van der Waals surface area contributed by atoms with Gasteiger partial charge in [0, 0.05) is 18.0 Å². The topological polar surface area (TPSA) is 76.2 Å². The van der Waals surface area contributed by atoms with Crippen LogP contribution in [0.25, 0.3) is 11.1 Å². The number of carboxylic acids is 1. The van der Waals surface area contributed by atoms with Crippen molar-refractivity contribution in [1.29, 1.82) is 0 Å². The van der Waals surface area contributed by atoms with E-state index in [1.165, 1.54) is 6.26 Å². The first kappa shape index (κ1) is 8.43. The molecule has 0 saturated heterocycles. The van der Waals surface area contributed by atoms with Gasteiger partial charge < -0.3 is 9.63 Å². The molecule has 2 aromatic heterocycles. The Bertz CT molecular complexity index is 450. The van der Waals surface area contributed by atoms with E-state index in [0.29, 0.717) is 11.1 Å². The van der Waals surface area contributed by atoms with Crippen LogP contribution in [0.15, 0.2) is 35.3 Å².